The molecule has 0 atom stereocenters. The summed E-state index contributed by atoms with van der Waals surface area (Å²) in [5.41, 5.74) is 10.6. The van der Waals surface area contributed by atoms with Crippen molar-refractivity contribution in [2.75, 3.05) is 0 Å². The van der Waals surface area contributed by atoms with Crippen LogP contribution < -0.4 is 0 Å². The van der Waals surface area contributed by atoms with Crippen molar-refractivity contribution in [1.82, 2.24) is 0 Å². The van der Waals surface area contributed by atoms with E-state index in [1.165, 1.54) is 108 Å². The average molecular weight is 653 g/mol. The zero-order chi connectivity index (χ0) is 33.1. The van der Waals surface area contributed by atoms with Gasteiger partial charge in [0.25, 0.3) is 0 Å². The average Bonchev–Trinajstić information content (AvgIpc) is 3.66. The SMILES string of the molecule is CC1(C)c2cc(-c3ccc4cc(-c5c6ccccc6cc6ccccc56)ccc4c3)ccc2-c2c1c1ccccc1c1sc3ccccc3c21. The molecule has 50 heavy (non-hydrogen) atoms. The number of hydrogen-bond acceptors (Lipinski definition) is 1. The Bertz CT molecular complexity index is 3010. The Hall–Kier alpha value is -5.76. The maximum atomic E-state index is 2.47. The first-order chi connectivity index (χ1) is 24.5. The molecular weight excluding hydrogens is 621 g/mol. The van der Waals surface area contributed by atoms with Gasteiger partial charge in [0.05, 0.1) is 0 Å². The summed E-state index contributed by atoms with van der Waals surface area (Å²) >= 11 is 1.93. The first kappa shape index (κ1) is 28.1. The Labute approximate surface area is 294 Å². The maximum absolute atomic E-state index is 2.47. The molecular formula is C49H32S. The predicted molar refractivity (Wildman–Crippen MR) is 218 cm³/mol. The Morgan fingerprint density at radius 3 is 1.72 bits per heavy atom. The van der Waals surface area contributed by atoms with Crippen molar-refractivity contribution >= 4 is 74.6 Å². The molecule has 0 nitrogen and oxygen atoms in total. The highest BCUT2D eigenvalue weighted by atomic mass is 32.1. The largest absolute Gasteiger partial charge is 0.135 e. The summed E-state index contributed by atoms with van der Waals surface area (Å²) in [5.74, 6) is 0. The molecule has 0 radical (unpaired) electrons. The molecule has 9 aromatic carbocycles. The predicted octanol–water partition coefficient (Wildman–Crippen LogP) is 14.3. The quantitative estimate of drug-likeness (QED) is 0.163. The fourth-order valence-corrected chi connectivity index (χ4v) is 10.3. The summed E-state index contributed by atoms with van der Waals surface area (Å²) in [5, 5.41) is 13.2. The van der Waals surface area contributed by atoms with Gasteiger partial charge in [-0.05, 0) is 118 Å². The molecule has 10 aromatic rings. The third kappa shape index (κ3) is 3.81. The van der Waals surface area contributed by atoms with E-state index in [-0.39, 0.29) is 5.41 Å². The summed E-state index contributed by atoms with van der Waals surface area (Å²) in [6.45, 7) is 4.85. The van der Waals surface area contributed by atoms with E-state index >= 15 is 0 Å². The van der Waals surface area contributed by atoms with Crippen LogP contribution in [-0.4, -0.2) is 0 Å². The number of fused-ring (bicyclic) bond motifs is 13. The van der Waals surface area contributed by atoms with Crippen molar-refractivity contribution < 1.29 is 0 Å². The number of benzene rings is 9. The summed E-state index contributed by atoms with van der Waals surface area (Å²) in [7, 11) is 0. The molecule has 1 heteroatoms. The minimum Gasteiger partial charge on any atom is -0.135 e. The minimum absolute atomic E-state index is 0.134. The van der Waals surface area contributed by atoms with Gasteiger partial charge in [0.15, 0.2) is 0 Å². The van der Waals surface area contributed by atoms with Gasteiger partial charge in [0.1, 0.15) is 0 Å². The van der Waals surface area contributed by atoms with E-state index in [1.807, 2.05) is 11.3 Å². The van der Waals surface area contributed by atoms with Crippen molar-refractivity contribution in [1.29, 1.82) is 0 Å². The van der Waals surface area contributed by atoms with Crippen molar-refractivity contribution in [2.45, 2.75) is 19.3 Å². The van der Waals surface area contributed by atoms with Crippen LogP contribution in [0.4, 0.5) is 0 Å². The van der Waals surface area contributed by atoms with Gasteiger partial charge in [-0.25, -0.2) is 0 Å². The van der Waals surface area contributed by atoms with Gasteiger partial charge in [-0.15, -0.1) is 11.3 Å². The van der Waals surface area contributed by atoms with Crippen molar-refractivity contribution in [3.05, 3.63) is 169 Å². The monoisotopic (exact) mass is 652 g/mol. The van der Waals surface area contributed by atoms with Gasteiger partial charge >= 0.3 is 0 Å². The Morgan fingerprint density at radius 2 is 0.980 bits per heavy atom. The highest BCUT2D eigenvalue weighted by Crippen LogP contribution is 2.57. The number of rotatable bonds is 2. The van der Waals surface area contributed by atoms with E-state index in [0.717, 1.165) is 0 Å². The zero-order valence-corrected chi connectivity index (χ0v) is 28.7. The van der Waals surface area contributed by atoms with E-state index in [4.69, 9.17) is 0 Å². The van der Waals surface area contributed by atoms with Crippen LogP contribution in [0.5, 0.6) is 0 Å². The van der Waals surface area contributed by atoms with Crippen LogP contribution in [0.15, 0.2) is 158 Å². The molecule has 0 spiro atoms. The van der Waals surface area contributed by atoms with Crippen LogP contribution >= 0.6 is 11.3 Å². The second-order valence-electron chi connectivity index (χ2n) is 14.5. The van der Waals surface area contributed by atoms with E-state index in [9.17, 15) is 0 Å². The topological polar surface area (TPSA) is 0 Å². The molecule has 0 bridgehead atoms. The van der Waals surface area contributed by atoms with Crippen molar-refractivity contribution in [2.24, 2.45) is 0 Å². The third-order valence-electron chi connectivity index (χ3n) is 11.4. The maximum Gasteiger partial charge on any atom is 0.0440 e. The normalized spacial score (nSPS) is 13.6. The van der Waals surface area contributed by atoms with Gasteiger partial charge in [-0.1, -0.05) is 141 Å². The van der Waals surface area contributed by atoms with E-state index in [2.05, 4.69) is 172 Å². The molecule has 1 aromatic heterocycles. The second kappa shape index (κ2) is 10.1. The first-order valence-corrected chi connectivity index (χ1v) is 18.3. The first-order valence-electron chi connectivity index (χ1n) is 17.5. The van der Waals surface area contributed by atoms with Crippen molar-refractivity contribution in [3.63, 3.8) is 0 Å². The molecule has 11 rings (SSSR count). The molecule has 0 saturated heterocycles. The lowest BCUT2D eigenvalue weighted by Gasteiger charge is -2.24. The van der Waals surface area contributed by atoms with E-state index < -0.39 is 0 Å². The highest BCUT2D eigenvalue weighted by molar-refractivity contribution is 7.26. The van der Waals surface area contributed by atoms with Gasteiger partial charge in [-0.3, -0.25) is 0 Å². The smallest absolute Gasteiger partial charge is 0.0440 e. The molecule has 0 saturated carbocycles. The lowest BCUT2D eigenvalue weighted by molar-refractivity contribution is 0.667. The lowest BCUT2D eigenvalue weighted by Crippen LogP contribution is -2.15. The van der Waals surface area contributed by atoms with Crippen LogP contribution in [0, 0.1) is 0 Å². The molecule has 1 aliphatic carbocycles. The van der Waals surface area contributed by atoms with Crippen LogP contribution in [0.2, 0.25) is 0 Å². The minimum atomic E-state index is -0.134. The number of thiophene rings is 1. The highest BCUT2D eigenvalue weighted by Gasteiger charge is 2.39. The Kier molecular flexibility index (Phi) is 5.70. The lowest BCUT2D eigenvalue weighted by atomic mass is 9.79. The van der Waals surface area contributed by atoms with Crippen LogP contribution in [-0.2, 0) is 5.41 Å². The van der Waals surface area contributed by atoms with E-state index in [1.54, 1.807) is 0 Å². The van der Waals surface area contributed by atoms with Gasteiger partial charge in [0.2, 0.25) is 0 Å². The van der Waals surface area contributed by atoms with Crippen LogP contribution in [0.25, 0.3) is 96.6 Å². The molecule has 0 unspecified atom stereocenters. The van der Waals surface area contributed by atoms with E-state index in [0.29, 0.717) is 0 Å². The molecule has 1 aliphatic rings. The van der Waals surface area contributed by atoms with Crippen LogP contribution in [0.3, 0.4) is 0 Å². The molecule has 234 valence electrons. The van der Waals surface area contributed by atoms with Crippen molar-refractivity contribution in [3.8, 4) is 33.4 Å². The Morgan fingerprint density at radius 1 is 0.420 bits per heavy atom. The molecule has 0 N–H and O–H groups in total. The number of hydrogen-bond donors (Lipinski definition) is 0. The second-order valence-corrected chi connectivity index (χ2v) is 15.5. The fourth-order valence-electron chi connectivity index (χ4n) is 9.06. The van der Waals surface area contributed by atoms with Gasteiger partial charge < -0.3 is 0 Å². The molecule has 0 fully saturated rings. The summed E-state index contributed by atoms with van der Waals surface area (Å²) in [6.07, 6.45) is 0. The summed E-state index contributed by atoms with van der Waals surface area (Å²) in [6, 6.07) is 59.0. The summed E-state index contributed by atoms with van der Waals surface area (Å²) in [4.78, 5) is 0. The van der Waals surface area contributed by atoms with Crippen LogP contribution in [0.1, 0.15) is 25.0 Å². The Balaban J connectivity index is 1.07. The molecule has 0 amide bonds. The zero-order valence-electron chi connectivity index (χ0n) is 27.9. The summed E-state index contributed by atoms with van der Waals surface area (Å²) < 4.78 is 2.76. The van der Waals surface area contributed by atoms with Gasteiger partial charge in [0, 0.05) is 25.6 Å². The molecule has 1 heterocycles. The third-order valence-corrected chi connectivity index (χ3v) is 12.6. The molecule has 0 aliphatic heterocycles. The standard InChI is InChI=1S/C49H32S/c1-49(2)42-28-32(23-24-40(42)45-46-41-17-9-10-18-43(41)50-48(46)39-16-8-7-15-38(39)47(45)49)30-19-20-31-26-35(22-21-29(31)25-30)44-36-13-5-3-11-33(36)27-34-12-4-6-14-37(34)44/h3-28H,1-2H3. The fraction of sp³-hybridized carbons (Fsp3) is 0.0612. The van der Waals surface area contributed by atoms with Gasteiger partial charge in [-0.2, -0.15) is 0 Å².